The molecule has 0 spiro atoms. The molecule has 5 nitrogen and oxygen atoms in total. The molecule has 4 aromatic rings. The monoisotopic (exact) mass is 514 g/mol. The highest BCUT2D eigenvalue weighted by molar-refractivity contribution is 7.07. The number of ether oxygens (including phenoxy) is 2. The zero-order chi connectivity index (χ0) is 24.8. The molecule has 7 heteroatoms. The van der Waals surface area contributed by atoms with E-state index < -0.39 is 0 Å². The van der Waals surface area contributed by atoms with Crippen molar-refractivity contribution in [2.24, 2.45) is 4.99 Å². The number of benzene rings is 3. The SMILES string of the molecule is COc1ccc(C2C3=C(N=c4sc(=Cc5ccccc5Cl)c(=O)n42)c2ccccc2CC3)cc1OC. The van der Waals surface area contributed by atoms with Gasteiger partial charge < -0.3 is 9.47 Å². The average molecular weight is 515 g/mol. The van der Waals surface area contributed by atoms with Gasteiger partial charge in [0.25, 0.3) is 5.56 Å². The highest BCUT2D eigenvalue weighted by Gasteiger charge is 2.33. The molecular weight excluding hydrogens is 492 g/mol. The van der Waals surface area contributed by atoms with E-state index in [4.69, 9.17) is 26.1 Å². The summed E-state index contributed by atoms with van der Waals surface area (Å²) in [6, 6.07) is 21.5. The molecule has 3 aromatic carbocycles. The van der Waals surface area contributed by atoms with Crippen LogP contribution in [-0.4, -0.2) is 18.8 Å². The Morgan fingerprint density at radius 3 is 2.58 bits per heavy atom. The summed E-state index contributed by atoms with van der Waals surface area (Å²) in [7, 11) is 3.24. The summed E-state index contributed by atoms with van der Waals surface area (Å²) in [5.74, 6) is 1.28. The van der Waals surface area contributed by atoms with Gasteiger partial charge in [-0.05, 0) is 59.4 Å². The van der Waals surface area contributed by atoms with Gasteiger partial charge in [0.15, 0.2) is 16.3 Å². The number of thiazole rings is 1. The van der Waals surface area contributed by atoms with Crippen molar-refractivity contribution in [2.75, 3.05) is 14.2 Å². The fourth-order valence-corrected chi connectivity index (χ4v) is 6.26. The highest BCUT2D eigenvalue weighted by Crippen LogP contribution is 2.42. The second-order valence-electron chi connectivity index (χ2n) is 8.75. The third-order valence-electron chi connectivity index (χ3n) is 6.79. The first kappa shape index (κ1) is 22.8. The van der Waals surface area contributed by atoms with Crippen LogP contribution < -0.4 is 24.4 Å². The largest absolute Gasteiger partial charge is 0.493 e. The van der Waals surface area contributed by atoms with Crippen LogP contribution in [0.5, 0.6) is 11.5 Å². The van der Waals surface area contributed by atoms with E-state index in [9.17, 15) is 4.79 Å². The van der Waals surface area contributed by atoms with Gasteiger partial charge >= 0.3 is 0 Å². The molecule has 36 heavy (non-hydrogen) atoms. The van der Waals surface area contributed by atoms with Crippen molar-refractivity contribution < 1.29 is 9.47 Å². The number of methoxy groups -OCH3 is 2. The van der Waals surface area contributed by atoms with Gasteiger partial charge in [0.05, 0.1) is 30.5 Å². The fourth-order valence-electron chi connectivity index (χ4n) is 5.08. The molecule has 0 amide bonds. The van der Waals surface area contributed by atoms with Gasteiger partial charge in [-0.1, -0.05) is 71.5 Å². The molecule has 1 aliphatic heterocycles. The van der Waals surface area contributed by atoms with E-state index in [-0.39, 0.29) is 11.6 Å². The molecule has 1 aliphatic carbocycles. The number of hydrogen-bond acceptors (Lipinski definition) is 5. The van der Waals surface area contributed by atoms with E-state index in [0.29, 0.717) is 25.9 Å². The van der Waals surface area contributed by atoms with Crippen molar-refractivity contribution in [1.82, 2.24) is 4.57 Å². The van der Waals surface area contributed by atoms with Crippen molar-refractivity contribution in [3.8, 4) is 11.5 Å². The number of fused-ring (bicyclic) bond motifs is 3. The zero-order valence-electron chi connectivity index (χ0n) is 19.8. The maximum Gasteiger partial charge on any atom is 0.271 e. The predicted molar refractivity (Wildman–Crippen MR) is 144 cm³/mol. The summed E-state index contributed by atoms with van der Waals surface area (Å²) in [5.41, 5.74) is 6.19. The smallest absolute Gasteiger partial charge is 0.271 e. The minimum atomic E-state index is -0.294. The Kier molecular flexibility index (Phi) is 5.78. The van der Waals surface area contributed by atoms with Gasteiger partial charge in [-0.3, -0.25) is 9.36 Å². The second kappa shape index (κ2) is 9.12. The van der Waals surface area contributed by atoms with Gasteiger partial charge in [-0.25, -0.2) is 4.99 Å². The standard InChI is InChI=1S/C29H23ClN2O3S/c1-34-23-14-12-19(15-24(23)35-2)27-21-13-11-17-7-3-5-9-20(17)26(21)31-29-32(27)28(33)25(36-29)16-18-8-4-6-10-22(18)30/h3-10,12,14-16,27H,11,13H2,1-2H3. The zero-order valence-corrected chi connectivity index (χ0v) is 21.4. The summed E-state index contributed by atoms with van der Waals surface area (Å²) in [5, 5.41) is 0.605. The molecule has 0 radical (unpaired) electrons. The van der Waals surface area contributed by atoms with Crippen LogP contribution in [0.3, 0.4) is 0 Å². The first-order valence-corrected chi connectivity index (χ1v) is 12.9. The minimum Gasteiger partial charge on any atom is -0.493 e. The topological polar surface area (TPSA) is 52.8 Å². The molecule has 0 N–H and O–H groups in total. The van der Waals surface area contributed by atoms with Crippen molar-refractivity contribution >= 4 is 34.7 Å². The van der Waals surface area contributed by atoms with Crippen LogP contribution in [0.25, 0.3) is 11.8 Å². The Morgan fingerprint density at radius 1 is 1.00 bits per heavy atom. The first-order chi connectivity index (χ1) is 17.6. The molecule has 1 atom stereocenters. The van der Waals surface area contributed by atoms with Gasteiger partial charge in [-0.15, -0.1) is 0 Å². The lowest BCUT2D eigenvalue weighted by Gasteiger charge is -2.31. The maximum atomic E-state index is 13.9. The second-order valence-corrected chi connectivity index (χ2v) is 10.2. The molecule has 0 saturated carbocycles. The van der Waals surface area contributed by atoms with E-state index in [2.05, 4.69) is 18.2 Å². The number of halogens is 1. The van der Waals surface area contributed by atoms with E-state index in [1.165, 1.54) is 16.9 Å². The summed E-state index contributed by atoms with van der Waals surface area (Å²) in [4.78, 5) is 19.6. The molecule has 0 fully saturated rings. The van der Waals surface area contributed by atoms with E-state index in [1.807, 2.05) is 59.2 Å². The third kappa shape index (κ3) is 3.69. The van der Waals surface area contributed by atoms with Crippen LogP contribution in [0, 0.1) is 0 Å². The number of aromatic nitrogens is 1. The van der Waals surface area contributed by atoms with Crippen LogP contribution in [0.2, 0.25) is 5.02 Å². The van der Waals surface area contributed by atoms with Crippen LogP contribution in [0.4, 0.5) is 0 Å². The summed E-state index contributed by atoms with van der Waals surface area (Å²) in [6.07, 6.45) is 3.58. The summed E-state index contributed by atoms with van der Waals surface area (Å²) >= 11 is 7.79. The average Bonchev–Trinajstić information content (AvgIpc) is 3.22. The quantitative estimate of drug-likeness (QED) is 0.385. The Hall–Kier alpha value is -3.61. The lowest BCUT2D eigenvalue weighted by atomic mass is 9.83. The first-order valence-electron chi connectivity index (χ1n) is 11.7. The molecule has 180 valence electrons. The molecule has 2 aliphatic rings. The van der Waals surface area contributed by atoms with E-state index in [1.54, 1.807) is 14.2 Å². The van der Waals surface area contributed by atoms with Crippen molar-refractivity contribution in [3.63, 3.8) is 0 Å². The molecule has 1 unspecified atom stereocenters. The predicted octanol–water partition coefficient (Wildman–Crippen LogP) is 4.99. The van der Waals surface area contributed by atoms with Crippen molar-refractivity contribution in [3.05, 3.63) is 119 Å². The molecule has 0 bridgehead atoms. The van der Waals surface area contributed by atoms with Gasteiger partial charge in [0.2, 0.25) is 0 Å². The number of nitrogens with zero attached hydrogens (tertiary/aromatic N) is 2. The number of aryl methyl sites for hydroxylation is 1. The van der Waals surface area contributed by atoms with Gasteiger partial charge in [-0.2, -0.15) is 0 Å². The third-order valence-corrected chi connectivity index (χ3v) is 8.12. The minimum absolute atomic E-state index is 0.0798. The maximum absolute atomic E-state index is 13.9. The normalized spacial score (nSPS) is 16.6. The Labute approximate surface area is 217 Å². The molecule has 6 rings (SSSR count). The van der Waals surface area contributed by atoms with Crippen LogP contribution >= 0.6 is 22.9 Å². The lowest BCUT2D eigenvalue weighted by molar-refractivity contribution is 0.354. The molecule has 1 aromatic heterocycles. The van der Waals surface area contributed by atoms with Crippen LogP contribution in [-0.2, 0) is 6.42 Å². The summed E-state index contributed by atoms with van der Waals surface area (Å²) < 4.78 is 13.5. The number of rotatable bonds is 4. The van der Waals surface area contributed by atoms with Gasteiger partial charge in [0, 0.05) is 10.6 Å². The highest BCUT2D eigenvalue weighted by atomic mass is 35.5. The Bertz CT molecular complexity index is 1720. The van der Waals surface area contributed by atoms with E-state index >= 15 is 0 Å². The molecule has 2 heterocycles. The van der Waals surface area contributed by atoms with Crippen molar-refractivity contribution in [2.45, 2.75) is 18.9 Å². The molecular formula is C29H23ClN2O3S. The number of allylic oxidation sites excluding steroid dienone is 1. The van der Waals surface area contributed by atoms with Crippen molar-refractivity contribution in [1.29, 1.82) is 0 Å². The Balaban J connectivity index is 1.63. The molecule has 0 saturated heterocycles. The van der Waals surface area contributed by atoms with Gasteiger partial charge in [0.1, 0.15) is 0 Å². The fraction of sp³-hybridized carbons (Fsp3) is 0.172. The Morgan fingerprint density at radius 2 is 1.78 bits per heavy atom. The summed E-state index contributed by atoms with van der Waals surface area (Å²) in [6.45, 7) is 0. The van der Waals surface area contributed by atoms with Crippen LogP contribution in [0.15, 0.2) is 82.1 Å². The lowest BCUT2D eigenvalue weighted by Crippen LogP contribution is -2.38. The van der Waals surface area contributed by atoms with E-state index in [0.717, 1.165) is 40.8 Å². The van der Waals surface area contributed by atoms with Crippen LogP contribution in [0.1, 0.15) is 34.7 Å². The number of hydrogen-bond donors (Lipinski definition) is 0.